The van der Waals surface area contributed by atoms with Gasteiger partial charge in [0.1, 0.15) is 0 Å². The van der Waals surface area contributed by atoms with Gasteiger partial charge in [-0.2, -0.15) is 5.10 Å². The fourth-order valence-corrected chi connectivity index (χ4v) is 3.62. The molecule has 2 rings (SSSR count). The minimum atomic E-state index is 0.532. The fraction of sp³-hybridized carbons (Fsp3) is 0.348. The minimum Gasteiger partial charge on any atom is -0.345 e. The molecule has 1 aliphatic heterocycles. The third kappa shape index (κ3) is 4.73. The highest BCUT2D eigenvalue weighted by atomic mass is 15.4. The van der Waals surface area contributed by atoms with Gasteiger partial charge < -0.3 is 10.7 Å². The van der Waals surface area contributed by atoms with Crippen LogP contribution in [0.15, 0.2) is 66.0 Å². The predicted molar refractivity (Wildman–Crippen MR) is 122 cm³/mol. The summed E-state index contributed by atoms with van der Waals surface area (Å²) in [5.74, 6) is 12.4. The van der Waals surface area contributed by atoms with E-state index in [2.05, 4.69) is 55.2 Å². The maximum atomic E-state index is 5.75. The number of hydrogen-bond donors (Lipinski definition) is 2. The van der Waals surface area contributed by atoms with Gasteiger partial charge >= 0.3 is 0 Å². The van der Waals surface area contributed by atoms with Gasteiger partial charge in [0.2, 0.25) is 0 Å². The van der Waals surface area contributed by atoms with Gasteiger partial charge in [-0.15, -0.1) is 0 Å². The van der Waals surface area contributed by atoms with E-state index >= 15 is 0 Å². The number of anilines is 1. The maximum Gasteiger partial charge on any atom is 0.164 e. The van der Waals surface area contributed by atoms with Gasteiger partial charge in [-0.3, -0.25) is 5.01 Å². The lowest BCUT2D eigenvalue weighted by molar-refractivity contribution is 0.536. The average molecular weight is 380 g/mol. The van der Waals surface area contributed by atoms with Crippen LogP contribution in [-0.4, -0.2) is 24.4 Å². The molecule has 1 aromatic carbocycles. The molecule has 0 radical (unpaired) electrons. The molecule has 28 heavy (non-hydrogen) atoms. The van der Waals surface area contributed by atoms with E-state index in [1.54, 1.807) is 7.05 Å². The van der Waals surface area contributed by atoms with Crippen LogP contribution >= 0.6 is 0 Å². The Balaban J connectivity index is 2.30. The molecule has 1 aliphatic rings. The van der Waals surface area contributed by atoms with Gasteiger partial charge in [0.05, 0.1) is 0 Å². The average Bonchev–Trinajstić information content (AvgIpc) is 3.03. The first-order valence-electron chi connectivity index (χ1n) is 9.66. The molecule has 0 saturated carbocycles. The van der Waals surface area contributed by atoms with Crippen LogP contribution in [0.25, 0.3) is 5.57 Å². The summed E-state index contributed by atoms with van der Waals surface area (Å²) in [7, 11) is 1.71. The van der Waals surface area contributed by atoms with Crippen molar-refractivity contribution in [2.45, 2.75) is 33.6 Å². The van der Waals surface area contributed by atoms with E-state index in [4.69, 9.17) is 11.7 Å². The van der Waals surface area contributed by atoms with Crippen molar-refractivity contribution in [3.63, 3.8) is 0 Å². The number of allylic oxidation sites excluding steroid dienone is 5. The van der Waals surface area contributed by atoms with Gasteiger partial charge in [0.25, 0.3) is 0 Å². The summed E-state index contributed by atoms with van der Waals surface area (Å²) >= 11 is 0. The van der Waals surface area contributed by atoms with Crippen LogP contribution in [0.5, 0.6) is 0 Å². The number of nitrogens with zero attached hydrogens (tertiary/aromatic N) is 3. The first-order valence-corrected chi connectivity index (χ1v) is 9.66. The first kappa shape index (κ1) is 21.5. The van der Waals surface area contributed by atoms with E-state index in [1.165, 1.54) is 28.4 Å². The number of hydrogen-bond acceptors (Lipinski definition) is 4. The van der Waals surface area contributed by atoms with Gasteiger partial charge in [-0.1, -0.05) is 50.8 Å². The van der Waals surface area contributed by atoms with Crippen molar-refractivity contribution in [1.82, 2.24) is 5.01 Å². The zero-order valence-corrected chi connectivity index (χ0v) is 17.6. The second-order valence-electron chi connectivity index (χ2n) is 7.40. The lowest BCUT2D eigenvalue weighted by Gasteiger charge is -2.23. The summed E-state index contributed by atoms with van der Waals surface area (Å²) in [4.78, 5) is 2.36. The lowest BCUT2D eigenvalue weighted by Crippen LogP contribution is -2.34. The molecule has 1 heterocycles. The normalized spacial score (nSPS) is 18.6. The number of nitrogens with two attached hydrogens (primary N) is 2. The van der Waals surface area contributed by atoms with E-state index in [0.29, 0.717) is 11.8 Å². The second kappa shape index (κ2) is 9.42. The van der Waals surface area contributed by atoms with Crippen molar-refractivity contribution in [1.29, 1.82) is 0 Å². The van der Waals surface area contributed by atoms with Crippen LogP contribution in [0, 0.1) is 12.8 Å². The van der Waals surface area contributed by atoms with E-state index < -0.39 is 0 Å². The summed E-state index contributed by atoms with van der Waals surface area (Å²) < 4.78 is 0. The second-order valence-corrected chi connectivity index (χ2v) is 7.40. The van der Waals surface area contributed by atoms with Crippen molar-refractivity contribution in [3.05, 3.63) is 72.0 Å². The molecule has 0 bridgehead atoms. The topological polar surface area (TPSA) is 70.9 Å². The van der Waals surface area contributed by atoms with Crippen molar-refractivity contribution >= 4 is 17.1 Å². The smallest absolute Gasteiger partial charge is 0.164 e. The van der Waals surface area contributed by atoms with Crippen molar-refractivity contribution in [2.24, 2.45) is 22.7 Å². The molecular weight excluding hydrogens is 346 g/mol. The van der Waals surface area contributed by atoms with E-state index in [1.807, 2.05) is 25.2 Å². The fourth-order valence-electron chi connectivity index (χ4n) is 3.62. The molecule has 150 valence electrons. The molecule has 1 saturated heterocycles. The van der Waals surface area contributed by atoms with Crippen LogP contribution in [-0.2, 0) is 0 Å². The highest BCUT2D eigenvalue weighted by molar-refractivity contribution is 5.97. The number of amidine groups is 1. The molecule has 0 spiro atoms. The van der Waals surface area contributed by atoms with Gasteiger partial charge in [0.15, 0.2) is 5.84 Å². The third-order valence-electron chi connectivity index (χ3n) is 5.29. The minimum absolute atomic E-state index is 0.532. The highest BCUT2D eigenvalue weighted by Crippen LogP contribution is 2.35. The maximum absolute atomic E-state index is 5.75. The van der Waals surface area contributed by atoms with Gasteiger partial charge in [-0.25, -0.2) is 5.84 Å². The van der Waals surface area contributed by atoms with E-state index in [-0.39, 0.29) is 0 Å². The molecule has 1 unspecified atom stereocenters. The Morgan fingerprint density at radius 1 is 1.39 bits per heavy atom. The Kier molecular flexibility index (Phi) is 7.24. The molecule has 5 heteroatoms. The molecular formula is C23H33N5. The van der Waals surface area contributed by atoms with Crippen LogP contribution in [0.3, 0.4) is 0 Å². The molecule has 0 aliphatic carbocycles. The first-order chi connectivity index (χ1) is 13.3. The number of benzene rings is 1. The molecule has 0 aromatic heterocycles. The summed E-state index contributed by atoms with van der Waals surface area (Å²) in [5, 5.41) is 5.14. The summed E-state index contributed by atoms with van der Waals surface area (Å²) in [6, 6.07) is 6.52. The van der Waals surface area contributed by atoms with Crippen molar-refractivity contribution in [3.8, 4) is 0 Å². The zero-order valence-electron chi connectivity index (χ0n) is 17.6. The monoisotopic (exact) mass is 379 g/mol. The Morgan fingerprint density at radius 2 is 2.11 bits per heavy atom. The summed E-state index contributed by atoms with van der Waals surface area (Å²) in [6.45, 7) is 15.6. The van der Waals surface area contributed by atoms with Gasteiger partial charge in [-0.05, 0) is 60.6 Å². The standard InChI is InChI=1S/C23H33N5/c1-7-19-14-18(5)28(15-19)22-12-11-21(13-17(22)4)20(8-2)10-9-16(3)23(26-24)27(6)25/h8-13,19H,2,5,7,14-15,24-25H2,1,3-4,6H3/b16-9+,20-10+,26-23-. The summed E-state index contributed by atoms with van der Waals surface area (Å²) in [6.07, 6.45) is 8.08. The number of aryl methyl sites for hydroxylation is 1. The Morgan fingerprint density at radius 3 is 2.61 bits per heavy atom. The molecule has 5 nitrogen and oxygen atoms in total. The number of likely N-dealkylation sites (N-methyl/N-ethyl adjacent to an activating group) is 1. The summed E-state index contributed by atoms with van der Waals surface area (Å²) in [5.41, 5.74) is 6.69. The van der Waals surface area contributed by atoms with Crippen LogP contribution in [0.4, 0.5) is 5.69 Å². The Bertz CT molecular complexity index is 829. The highest BCUT2D eigenvalue weighted by Gasteiger charge is 2.25. The van der Waals surface area contributed by atoms with Crippen LogP contribution in [0.1, 0.15) is 37.8 Å². The Hall–Kier alpha value is -2.79. The zero-order chi connectivity index (χ0) is 20.8. The number of hydrazone groups is 1. The number of hydrazine groups is 1. The molecule has 1 atom stereocenters. The Labute approximate surface area is 169 Å². The van der Waals surface area contributed by atoms with Crippen molar-refractivity contribution < 1.29 is 0 Å². The van der Waals surface area contributed by atoms with Crippen LogP contribution < -0.4 is 16.6 Å². The quantitative estimate of drug-likeness (QED) is 0.254. The van der Waals surface area contributed by atoms with E-state index in [0.717, 1.165) is 29.7 Å². The molecule has 1 aromatic rings. The van der Waals surface area contributed by atoms with Crippen molar-refractivity contribution in [2.75, 3.05) is 18.5 Å². The van der Waals surface area contributed by atoms with Crippen LogP contribution in [0.2, 0.25) is 0 Å². The van der Waals surface area contributed by atoms with Gasteiger partial charge in [0, 0.05) is 25.0 Å². The molecule has 4 N–H and O–H groups in total. The largest absolute Gasteiger partial charge is 0.345 e. The SMILES string of the molecule is C=C\C(=C/C=C(C)/C(=N/N)N(C)N)c1ccc(N2CC(CC)CC2=C)c(C)c1. The molecule has 0 amide bonds. The number of rotatable bonds is 6. The van der Waals surface area contributed by atoms with E-state index in [9.17, 15) is 0 Å². The predicted octanol–water partition coefficient (Wildman–Crippen LogP) is 4.34. The third-order valence-corrected chi connectivity index (χ3v) is 5.29. The lowest BCUT2D eigenvalue weighted by atomic mass is 10.0. The molecule has 1 fully saturated rings.